The van der Waals surface area contributed by atoms with E-state index >= 15 is 0 Å². The van der Waals surface area contributed by atoms with Crippen LogP contribution in [0, 0.1) is 11.6 Å². The maximum absolute atomic E-state index is 13.5. The van der Waals surface area contributed by atoms with Crippen molar-refractivity contribution in [3.8, 4) is 0 Å². The predicted molar refractivity (Wildman–Crippen MR) is 66.0 cm³/mol. The normalized spacial score (nSPS) is 12.4. The van der Waals surface area contributed by atoms with Crippen molar-refractivity contribution in [3.63, 3.8) is 0 Å². The molecule has 0 radical (unpaired) electrons. The predicted octanol–water partition coefficient (Wildman–Crippen LogP) is 4.04. The van der Waals surface area contributed by atoms with Gasteiger partial charge >= 0.3 is 0 Å². The van der Waals surface area contributed by atoms with Crippen molar-refractivity contribution in [2.45, 2.75) is 11.2 Å². The van der Waals surface area contributed by atoms with Gasteiger partial charge in [0.05, 0.1) is 0 Å². The molecule has 0 aliphatic heterocycles. The van der Waals surface area contributed by atoms with Crippen LogP contribution in [0.1, 0.15) is 16.0 Å². The lowest BCUT2D eigenvalue weighted by Crippen LogP contribution is -2.01. The van der Waals surface area contributed by atoms with Crippen molar-refractivity contribution < 1.29 is 8.78 Å². The van der Waals surface area contributed by atoms with Crippen molar-refractivity contribution in [1.82, 2.24) is 4.98 Å². The summed E-state index contributed by atoms with van der Waals surface area (Å²) in [6.07, 6.45) is 3.59. The molecule has 1 aromatic carbocycles. The summed E-state index contributed by atoms with van der Waals surface area (Å²) >= 11 is 3.42. The van der Waals surface area contributed by atoms with E-state index in [2.05, 4.69) is 20.9 Å². The number of rotatable bonds is 3. The summed E-state index contributed by atoms with van der Waals surface area (Å²) in [4.78, 5) is 3.82. The Kier molecular flexibility index (Phi) is 3.84. The molecule has 1 unspecified atom stereocenters. The van der Waals surface area contributed by atoms with Gasteiger partial charge in [0, 0.05) is 22.8 Å². The number of aromatic nitrogens is 1. The fourth-order valence-electron chi connectivity index (χ4n) is 1.59. The third-order valence-electron chi connectivity index (χ3n) is 2.49. The number of nitrogens with zero attached hydrogens (tertiary/aromatic N) is 1. The standard InChI is InChI=1S/C13H10BrF2N/c14-11(9-3-2-6-17-8-9)7-10-12(15)4-1-5-13(10)16/h1-6,8,11H,7H2. The largest absolute Gasteiger partial charge is 0.264 e. The van der Waals surface area contributed by atoms with Gasteiger partial charge in [0.15, 0.2) is 0 Å². The smallest absolute Gasteiger partial charge is 0.129 e. The molecule has 0 saturated heterocycles. The Balaban J connectivity index is 2.22. The molecular formula is C13H10BrF2N. The van der Waals surface area contributed by atoms with Crippen LogP contribution >= 0.6 is 15.9 Å². The minimum Gasteiger partial charge on any atom is -0.264 e. The summed E-state index contributed by atoms with van der Waals surface area (Å²) in [6, 6.07) is 7.55. The van der Waals surface area contributed by atoms with Gasteiger partial charge in [0.1, 0.15) is 11.6 Å². The summed E-state index contributed by atoms with van der Waals surface area (Å²) in [5.74, 6) is -1.03. The molecule has 0 aliphatic carbocycles. The highest BCUT2D eigenvalue weighted by molar-refractivity contribution is 9.09. The van der Waals surface area contributed by atoms with Crippen molar-refractivity contribution >= 4 is 15.9 Å². The van der Waals surface area contributed by atoms with E-state index in [1.807, 2.05) is 6.07 Å². The minimum atomic E-state index is -0.515. The molecule has 0 amide bonds. The van der Waals surface area contributed by atoms with Crippen LogP contribution in [-0.2, 0) is 6.42 Å². The van der Waals surface area contributed by atoms with Crippen LogP contribution in [0.15, 0.2) is 42.7 Å². The minimum absolute atomic E-state index is 0.0956. The molecule has 0 N–H and O–H groups in total. The zero-order chi connectivity index (χ0) is 12.3. The Bertz CT molecular complexity index is 482. The molecule has 1 atom stereocenters. The Hall–Kier alpha value is -1.29. The first kappa shape index (κ1) is 12.2. The third kappa shape index (κ3) is 2.88. The van der Waals surface area contributed by atoms with E-state index in [9.17, 15) is 8.78 Å². The van der Waals surface area contributed by atoms with E-state index in [4.69, 9.17) is 0 Å². The Morgan fingerprint density at radius 3 is 2.41 bits per heavy atom. The van der Waals surface area contributed by atoms with Gasteiger partial charge in [0.25, 0.3) is 0 Å². The fourth-order valence-corrected chi connectivity index (χ4v) is 2.18. The van der Waals surface area contributed by atoms with Crippen LogP contribution in [0.3, 0.4) is 0 Å². The van der Waals surface area contributed by atoms with Crippen molar-refractivity contribution in [1.29, 1.82) is 0 Å². The van der Waals surface area contributed by atoms with Crippen LogP contribution in [0.5, 0.6) is 0 Å². The quantitative estimate of drug-likeness (QED) is 0.779. The van der Waals surface area contributed by atoms with E-state index in [-0.39, 0.29) is 16.8 Å². The number of alkyl halides is 1. The van der Waals surface area contributed by atoms with E-state index in [0.717, 1.165) is 5.56 Å². The third-order valence-corrected chi connectivity index (χ3v) is 3.34. The van der Waals surface area contributed by atoms with Crippen LogP contribution in [-0.4, -0.2) is 4.98 Å². The van der Waals surface area contributed by atoms with E-state index in [1.54, 1.807) is 18.5 Å². The van der Waals surface area contributed by atoms with Gasteiger partial charge in [-0.2, -0.15) is 0 Å². The highest BCUT2D eigenvalue weighted by atomic mass is 79.9. The number of hydrogen-bond acceptors (Lipinski definition) is 1. The molecule has 1 heterocycles. The number of pyridine rings is 1. The number of halogens is 3. The van der Waals surface area contributed by atoms with Gasteiger partial charge < -0.3 is 0 Å². The Labute approximate surface area is 107 Å². The first-order chi connectivity index (χ1) is 8.18. The van der Waals surface area contributed by atoms with E-state index in [0.29, 0.717) is 0 Å². The molecule has 2 aromatic rings. The maximum Gasteiger partial charge on any atom is 0.129 e. The Morgan fingerprint density at radius 1 is 1.12 bits per heavy atom. The highest BCUT2D eigenvalue weighted by Crippen LogP contribution is 2.28. The molecular weight excluding hydrogens is 288 g/mol. The summed E-state index contributed by atoms with van der Waals surface area (Å²) in [7, 11) is 0. The van der Waals surface area contributed by atoms with E-state index < -0.39 is 11.6 Å². The lowest BCUT2D eigenvalue weighted by molar-refractivity contribution is 0.554. The zero-order valence-electron chi connectivity index (χ0n) is 8.91. The molecule has 88 valence electrons. The van der Waals surface area contributed by atoms with Crippen LogP contribution in [0.2, 0.25) is 0 Å². The average molecular weight is 298 g/mol. The second-order valence-corrected chi connectivity index (χ2v) is 4.76. The van der Waals surface area contributed by atoms with Gasteiger partial charge in [-0.25, -0.2) is 8.78 Å². The lowest BCUT2D eigenvalue weighted by Gasteiger charge is -2.11. The molecule has 2 rings (SSSR count). The fraction of sp³-hybridized carbons (Fsp3) is 0.154. The first-order valence-electron chi connectivity index (χ1n) is 5.15. The molecule has 0 spiro atoms. The summed E-state index contributed by atoms with van der Waals surface area (Å²) in [5, 5.41) is 0. The van der Waals surface area contributed by atoms with Crippen LogP contribution < -0.4 is 0 Å². The maximum atomic E-state index is 13.5. The van der Waals surface area contributed by atoms with Crippen molar-refractivity contribution in [2.24, 2.45) is 0 Å². The topological polar surface area (TPSA) is 12.9 Å². The number of hydrogen-bond donors (Lipinski definition) is 0. The second kappa shape index (κ2) is 5.36. The van der Waals surface area contributed by atoms with Crippen LogP contribution in [0.25, 0.3) is 0 Å². The summed E-state index contributed by atoms with van der Waals surface area (Å²) in [5.41, 5.74) is 0.994. The highest BCUT2D eigenvalue weighted by Gasteiger charge is 2.14. The summed E-state index contributed by atoms with van der Waals surface area (Å²) < 4.78 is 26.9. The molecule has 4 heteroatoms. The first-order valence-corrected chi connectivity index (χ1v) is 6.07. The van der Waals surface area contributed by atoms with Gasteiger partial charge in [-0.05, 0) is 30.2 Å². The molecule has 17 heavy (non-hydrogen) atoms. The molecule has 1 nitrogen and oxygen atoms in total. The van der Waals surface area contributed by atoms with Gasteiger partial charge in [-0.3, -0.25) is 4.98 Å². The monoisotopic (exact) mass is 297 g/mol. The Morgan fingerprint density at radius 2 is 1.82 bits per heavy atom. The lowest BCUT2D eigenvalue weighted by atomic mass is 10.0. The molecule has 0 fully saturated rings. The van der Waals surface area contributed by atoms with Gasteiger partial charge in [-0.15, -0.1) is 0 Å². The molecule has 0 bridgehead atoms. The van der Waals surface area contributed by atoms with E-state index in [1.165, 1.54) is 18.2 Å². The molecule has 0 aliphatic rings. The van der Waals surface area contributed by atoms with Gasteiger partial charge in [-0.1, -0.05) is 28.1 Å². The van der Waals surface area contributed by atoms with Crippen molar-refractivity contribution in [3.05, 3.63) is 65.5 Å². The molecule has 1 aromatic heterocycles. The van der Waals surface area contributed by atoms with Crippen LogP contribution in [0.4, 0.5) is 8.78 Å². The van der Waals surface area contributed by atoms with Gasteiger partial charge in [0.2, 0.25) is 0 Å². The zero-order valence-corrected chi connectivity index (χ0v) is 10.5. The number of benzene rings is 1. The van der Waals surface area contributed by atoms with Crippen molar-refractivity contribution in [2.75, 3.05) is 0 Å². The molecule has 0 saturated carbocycles. The second-order valence-electron chi connectivity index (χ2n) is 3.66. The summed E-state index contributed by atoms with van der Waals surface area (Å²) in [6.45, 7) is 0. The SMILES string of the molecule is Fc1cccc(F)c1CC(Br)c1cccnc1. The average Bonchev–Trinajstić information content (AvgIpc) is 2.35.